The molecule has 1 N–H and O–H groups in total. The molecule has 0 amide bonds. The van der Waals surface area contributed by atoms with E-state index in [1.54, 1.807) is 6.07 Å². The molecule has 8 heteroatoms. The molecule has 0 bridgehead atoms. The molecule has 0 radical (unpaired) electrons. The van der Waals surface area contributed by atoms with E-state index < -0.39 is 5.97 Å². The Morgan fingerprint density at radius 3 is 3.06 bits per heavy atom. The van der Waals surface area contributed by atoms with Crippen molar-refractivity contribution >= 4 is 17.0 Å². The fourth-order valence-corrected chi connectivity index (χ4v) is 1.61. The largest absolute Gasteiger partial charge is 0.478 e. The van der Waals surface area contributed by atoms with Gasteiger partial charge in [-0.15, -0.1) is 5.10 Å². The summed E-state index contributed by atoms with van der Waals surface area (Å²) in [7, 11) is 0. The van der Waals surface area contributed by atoms with Crippen molar-refractivity contribution in [1.29, 1.82) is 0 Å². The molecule has 3 rings (SSSR count). The smallest absolute Gasteiger partial charge is 0.335 e. The van der Waals surface area contributed by atoms with E-state index in [1.807, 2.05) is 0 Å². The highest BCUT2D eigenvalue weighted by molar-refractivity contribution is 5.92. The predicted octanol–water partition coefficient (Wildman–Crippen LogP) is 0.561. The predicted molar refractivity (Wildman–Crippen MR) is 57.9 cm³/mol. The van der Waals surface area contributed by atoms with E-state index in [2.05, 4.69) is 25.0 Å². The second-order valence-electron chi connectivity index (χ2n) is 3.60. The first kappa shape index (κ1) is 10.4. The van der Waals surface area contributed by atoms with Crippen molar-refractivity contribution < 1.29 is 14.4 Å². The van der Waals surface area contributed by atoms with Gasteiger partial charge in [-0.3, -0.25) is 0 Å². The maximum atomic E-state index is 10.9. The average Bonchev–Trinajstić information content (AvgIpc) is 2.99. The Hall–Kier alpha value is -2.77. The van der Waals surface area contributed by atoms with Gasteiger partial charge in [0, 0.05) is 0 Å². The van der Waals surface area contributed by atoms with E-state index >= 15 is 0 Å². The second kappa shape index (κ2) is 3.91. The Morgan fingerprint density at radius 2 is 2.33 bits per heavy atom. The summed E-state index contributed by atoms with van der Waals surface area (Å²) < 4.78 is 6.14. The average molecular weight is 245 g/mol. The van der Waals surface area contributed by atoms with Crippen LogP contribution in [0.2, 0.25) is 0 Å². The van der Waals surface area contributed by atoms with Crippen LogP contribution in [0.25, 0.3) is 11.0 Å². The van der Waals surface area contributed by atoms with E-state index in [4.69, 9.17) is 5.11 Å². The summed E-state index contributed by atoms with van der Waals surface area (Å²) >= 11 is 0. The van der Waals surface area contributed by atoms with Crippen LogP contribution in [0.15, 0.2) is 29.1 Å². The van der Waals surface area contributed by atoms with Gasteiger partial charge in [0.1, 0.15) is 12.1 Å². The molecule has 0 aliphatic carbocycles. The molecule has 2 heterocycles. The van der Waals surface area contributed by atoms with E-state index in [0.717, 1.165) is 0 Å². The monoisotopic (exact) mass is 245 g/mol. The van der Waals surface area contributed by atoms with Crippen molar-refractivity contribution in [3.05, 3.63) is 36.0 Å². The molecule has 18 heavy (non-hydrogen) atoms. The van der Waals surface area contributed by atoms with Gasteiger partial charge in [0.2, 0.25) is 6.39 Å². The number of fused-ring (bicyclic) bond motifs is 1. The summed E-state index contributed by atoms with van der Waals surface area (Å²) in [6.45, 7) is 0.274. The third kappa shape index (κ3) is 1.69. The molecule has 0 saturated carbocycles. The molecule has 8 nitrogen and oxygen atoms in total. The summed E-state index contributed by atoms with van der Waals surface area (Å²) in [6.07, 6.45) is 1.22. The van der Waals surface area contributed by atoms with E-state index in [-0.39, 0.29) is 12.1 Å². The lowest BCUT2D eigenvalue weighted by molar-refractivity contribution is 0.0697. The lowest BCUT2D eigenvalue weighted by Crippen LogP contribution is -2.04. The first-order chi connectivity index (χ1) is 8.74. The molecule has 90 valence electrons. The van der Waals surface area contributed by atoms with Crippen LogP contribution in [-0.2, 0) is 6.54 Å². The zero-order valence-corrected chi connectivity index (χ0v) is 9.02. The van der Waals surface area contributed by atoms with Gasteiger partial charge >= 0.3 is 5.97 Å². The van der Waals surface area contributed by atoms with Gasteiger partial charge in [-0.1, -0.05) is 10.4 Å². The van der Waals surface area contributed by atoms with Gasteiger partial charge in [0.05, 0.1) is 11.1 Å². The Morgan fingerprint density at radius 1 is 1.44 bits per heavy atom. The molecule has 1 aromatic carbocycles. The molecule has 0 saturated heterocycles. The van der Waals surface area contributed by atoms with Crippen molar-refractivity contribution in [2.45, 2.75) is 6.54 Å². The molecule has 0 unspecified atom stereocenters. The number of carbonyl (C=O) groups is 1. The maximum Gasteiger partial charge on any atom is 0.335 e. The minimum atomic E-state index is -0.996. The van der Waals surface area contributed by atoms with Crippen LogP contribution in [0.4, 0.5) is 0 Å². The molecule has 0 aliphatic rings. The normalized spacial score (nSPS) is 10.9. The van der Waals surface area contributed by atoms with Gasteiger partial charge in [-0.25, -0.2) is 9.48 Å². The number of carboxylic acid groups (broad SMARTS) is 1. The molecule has 0 fully saturated rings. The Labute approximate surface area is 99.8 Å². The Bertz CT molecular complexity index is 703. The third-order valence-electron chi connectivity index (χ3n) is 2.46. The lowest BCUT2D eigenvalue weighted by atomic mass is 10.2. The minimum Gasteiger partial charge on any atom is -0.478 e. The third-order valence-corrected chi connectivity index (χ3v) is 2.46. The Balaban J connectivity index is 2.06. The highest BCUT2D eigenvalue weighted by atomic mass is 16.5. The quantitative estimate of drug-likeness (QED) is 0.718. The fourth-order valence-electron chi connectivity index (χ4n) is 1.61. The number of hydrogen-bond acceptors (Lipinski definition) is 6. The number of aromatic nitrogens is 5. The standard InChI is InChI=1S/C10H7N5O3/c16-10(17)6-1-2-7-8(3-6)15(14-12-7)4-9-11-5-18-13-9/h1-3,5H,4H2,(H,16,17). The van der Waals surface area contributed by atoms with Crippen LogP contribution in [0.5, 0.6) is 0 Å². The first-order valence-corrected chi connectivity index (χ1v) is 5.06. The van der Waals surface area contributed by atoms with Crippen LogP contribution in [-0.4, -0.2) is 36.2 Å². The lowest BCUT2D eigenvalue weighted by Gasteiger charge is -1.98. The molecular formula is C10H7N5O3. The highest BCUT2D eigenvalue weighted by Crippen LogP contribution is 2.14. The summed E-state index contributed by atoms with van der Waals surface area (Å²) in [5, 5.41) is 20.5. The number of aromatic carboxylic acids is 1. The number of carboxylic acids is 1. The number of rotatable bonds is 3. The Kier molecular flexibility index (Phi) is 2.26. The molecule has 0 atom stereocenters. The molecule has 3 aromatic rings. The van der Waals surface area contributed by atoms with Gasteiger partial charge in [-0.2, -0.15) is 4.98 Å². The second-order valence-corrected chi connectivity index (χ2v) is 3.60. The highest BCUT2D eigenvalue weighted by Gasteiger charge is 2.10. The van der Waals surface area contributed by atoms with Crippen molar-refractivity contribution in [2.24, 2.45) is 0 Å². The van der Waals surface area contributed by atoms with Crippen LogP contribution in [0.1, 0.15) is 16.2 Å². The topological polar surface area (TPSA) is 107 Å². The van der Waals surface area contributed by atoms with Crippen molar-refractivity contribution in [2.75, 3.05) is 0 Å². The van der Waals surface area contributed by atoms with E-state index in [1.165, 1.54) is 23.2 Å². The SMILES string of the molecule is O=C(O)c1ccc2nnn(Cc3ncon3)c2c1. The van der Waals surface area contributed by atoms with Crippen molar-refractivity contribution in [1.82, 2.24) is 25.1 Å². The first-order valence-electron chi connectivity index (χ1n) is 5.06. The number of benzene rings is 1. The summed E-state index contributed by atoms with van der Waals surface area (Å²) in [6, 6.07) is 4.61. The van der Waals surface area contributed by atoms with Gasteiger partial charge < -0.3 is 9.63 Å². The zero-order valence-electron chi connectivity index (χ0n) is 9.02. The van der Waals surface area contributed by atoms with Gasteiger partial charge in [-0.05, 0) is 18.2 Å². The van der Waals surface area contributed by atoms with Crippen LogP contribution in [0.3, 0.4) is 0 Å². The molecule has 0 spiro atoms. The molecule has 2 aromatic heterocycles. The molecule has 0 aliphatic heterocycles. The van der Waals surface area contributed by atoms with E-state index in [0.29, 0.717) is 16.9 Å². The fraction of sp³-hybridized carbons (Fsp3) is 0.100. The minimum absolute atomic E-state index is 0.180. The number of hydrogen-bond donors (Lipinski definition) is 1. The van der Waals surface area contributed by atoms with Crippen molar-refractivity contribution in [3.63, 3.8) is 0 Å². The van der Waals surface area contributed by atoms with Crippen molar-refractivity contribution in [3.8, 4) is 0 Å². The van der Waals surface area contributed by atoms with Crippen LogP contribution < -0.4 is 0 Å². The summed E-state index contributed by atoms with van der Waals surface area (Å²) in [5.74, 6) is -0.549. The summed E-state index contributed by atoms with van der Waals surface area (Å²) in [4.78, 5) is 14.8. The van der Waals surface area contributed by atoms with Gasteiger partial charge in [0.25, 0.3) is 0 Å². The summed E-state index contributed by atoms with van der Waals surface area (Å²) in [5.41, 5.74) is 1.40. The maximum absolute atomic E-state index is 10.9. The van der Waals surface area contributed by atoms with Crippen LogP contribution in [0, 0.1) is 0 Å². The molecular weight excluding hydrogens is 238 g/mol. The van der Waals surface area contributed by atoms with Crippen LogP contribution >= 0.6 is 0 Å². The number of nitrogens with zero attached hydrogens (tertiary/aromatic N) is 5. The zero-order chi connectivity index (χ0) is 12.5. The van der Waals surface area contributed by atoms with Gasteiger partial charge in [0.15, 0.2) is 5.82 Å². The van der Waals surface area contributed by atoms with E-state index in [9.17, 15) is 4.79 Å².